The van der Waals surface area contributed by atoms with Gasteiger partial charge in [0, 0.05) is 6.42 Å². The van der Waals surface area contributed by atoms with Gasteiger partial charge >= 0.3 is 0 Å². The first-order valence-corrected chi connectivity index (χ1v) is 4.64. The van der Waals surface area contributed by atoms with E-state index in [0.29, 0.717) is 0 Å². The zero-order chi connectivity index (χ0) is 8.77. The van der Waals surface area contributed by atoms with Gasteiger partial charge in [0.2, 0.25) is 0 Å². The van der Waals surface area contributed by atoms with Crippen molar-refractivity contribution in [3.8, 4) is 0 Å². The molecule has 3 unspecified atom stereocenters. The first-order chi connectivity index (χ1) is 5.61. The maximum atomic E-state index is 9.41. The van der Waals surface area contributed by atoms with Crippen LogP contribution in [0.25, 0.3) is 0 Å². The van der Waals surface area contributed by atoms with E-state index in [1.54, 1.807) is 6.92 Å². The number of hydrogen-bond donors (Lipinski definition) is 1. The van der Waals surface area contributed by atoms with Crippen molar-refractivity contribution in [2.24, 2.45) is 0 Å². The van der Waals surface area contributed by atoms with Crippen LogP contribution in [0.2, 0.25) is 0 Å². The fourth-order valence-electron chi connectivity index (χ4n) is 2.15. The minimum absolute atomic E-state index is 0.113. The fraction of sp³-hybridized carbons (Fsp3) is 1.00. The van der Waals surface area contributed by atoms with Crippen molar-refractivity contribution < 1.29 is 14.6 Å². The molecule has 70 valence electrons. The second-order valence-electron chi connectivity index (χ2n) is 4.01. The Balaban J connectivity index is 2.12. The molecular formula is C9H16O3. The van der Waals surface area contributed by atoms with Crippen LogP contribution in [0.5, 0.6) is 0 Å². The Hall–Kier alpha value is -0.120. The van der Waals surface area contributed by atoms with E-state index in [0.717, 1.165) is 19.3 Å². The highest BCUT2D eigenvalue weighted by Gasteiger charge is 2.48. The fourth-order valence-corrected chi connectivity index (χ4v) is 2.15. The lowest BCUT2D eigenvalue weighted by Gasteiger charge is -2.26. The van der Waals surface area contributed by atoms with Crippen molar-refractivity contribution in [2.45, 2.75) is 57.2 Å². The summed E-state index contributed by atoms with van der Waals surface area (Å²) >= 11 is 0. The summed E-state index contributed by atoms with van der Waals surface area (Å²) in [5.74, 6) is -0.412. The Morgan fingerprint density at radius 2 is 2.25 bits per heavy atom. The molecule has 0 aliphatic carbocycles. The number of hydrogen-bond acceptors (Lipinski definition) is 3. The van der Waals surface area contributed by atoms with Crippen molar-refractivity contribution in [3.63, 3.8) is 0 Å². The molecule has 3 nitrogen and oxygen atoms in total. The lowest BCUT2D eigenvalue weighted by atomic mass is 10.0. The molecule has 2 aliphatic rings. The average Bonchev–Trinajstić information content (AvgIpc) is 2.22. The van der Waals surface area contributed by atoms with Gasteiger partial charge in [-0.25, -0.2) is 0 Å². The number of rotatable bonds is 1. The molecule has 0 aromatic heterocycles. The average molecular weight is 172 g/mol. The molecule has 12 heavy (non-hydrogen) atoms. The third-order valence-corrected chi connectivity index (χ3v) is 2.75. The van der Waals surface area contributed by atoms with Crippen LogP contribution >= 0.6 is 0 Å². The molecule has 0 radical (unpaired) electrons. The van der Waals surface area contributed by atoms with E-state index in [2.05, 4.69) is 0 Å². The lowest BCUT2D eigenvalue weighted by molar-refractivity contribution is -0.183. The second-order valence-corrected chi connectivity index (χ2v) is 4.01. The summed E-state index contributed by atoms with van der Waals surface area (Å²) in [4.78, 5) is 0. The molecule has 4 atom stereocenters. The number of fused-ring (bicyclic) bond motifs is 2. The summed E-state index contributed by atoms with van der Waals surface area (Å²) in [7, 11) is 0. The highest BCUT2D eigenvalue weighted by Crippen LogP contribution is 2.40. The van der Waals surface area contributed by atoms with Crippen molar-refractivity contribution in [1.82, 2.24) is 0 Å². The van der Waals surface area contributed by atoms with Crippen molar-refractivity contribution in [2.75, 3.05) is 0 Å². The summed E-state index contributed by atoms with van der Waals surface area (Å²) < 4.78 is 11.3. The standard InChI is InChI=1S/C9H16O3/c1-6(10)8-7-4-3-5-9(2,11-7)12-8/h6-8,10H,3-5H2,1-2H3/t6-,7?,8?,9?/m1/s1. The summed E-state index contributed by atoms with van der Waals surface area (Å²) in [5.41, 5.74) is 0. The SMILES string of the molecule is C[C@@H](O)C1OC2(C)CCCC1O2. The molecule has 3 heteroatoms. The molecule has 2 saturated heterocycles. The maximum Gasteiger partial charge on any atom is 0.166 e. The largest absolute Gasteiger partial charge is 0.391 e. The number of ether oxygens (including phenoxy) is 2. The minimum Gasteiger partial charge on any atom is -0.391 e. The first kappa shape index (κ1) is 8.48. The highest BCUT2D eigenvalue weighted by atomic mass is 16.8. The Morgan fingerprint density at radius 3 is 2.83 bits per heavy atom. The second kappa shape index (κ2) is 2.69. The van der Waals surface area contributed by atoms with Gasteiger partial charge in [0.25, 0.3) is 0 Å². The molecule has 0 amide bonds. The molecule has 2 bridgehead atoms. The highest BCUT2D eigenvalue weighted by molar-refractivity contribution is 4.90. The molecule has 0 aromatic carbocycles. The van der Waals surface area contributed by atoms with Gasteiger partial charge < -0.3 is 14.6 Å². The van der Waals surface area contributed by atoms with Gasteiger partial charge in [0.1, 0.15) is 6.10 Å². The summed E-state index contributed by atoms with van der Waals surface area (Å²) in [6, 6.07) is 0. The van der Waals surface area contributed by atoms with Crippen molar-refractivity contribution >= 4 is 0 Å². The molecule has 2 aliphatic heterocycles. The molecule has 0 aromatic rings. The van der Waals surface area contributed by atoms with Crippen LogP contribution in [0.3, 0.4) is 0 Å². The topological polar surface area (TPSA) is 38.7 Å². The summed E-state index contributed by atoms with van der Waals surface area (Å²) in [5, 5.41) is 9.41. The predicted molar refractivity (Wildman–Crippen MR) is 43.7 cm³/mol. The number of aliphatic hydroxyl groups excluding tert-OH is 1. The van der Waals surface area contributed by atoms with Crippen LogP contribution in [0.1, 0.15) is 33.1 Å². The molecule has 2 heterocycles. The van der Waals surface area contributed by atoms with Gasteiger partial charge in [0.15, 0.2) is 5.79 Å². The van der Waals surface area contributed by atoms with Gasteiger partial charge in [-0.2, -0.15) is 0 Å². The molecule has 0 saturated carbocycles. The van der Waals surface area contributed by atoms with E-state index in [9.17, 15) is 5.11 Å². The Labute approximate surface area is 72.7 Å². The van der Waals surface area contributed by atoms with Crippen molar-refractivity contribution in [3.05, 3.63) is 0 Å². The van der Waals surface area contributed by atoms with Crippen LogP contribution < -0.4 is 0 Å². The normalized spacial score (nSPS) is 49.2. The van der Waals surface area contributed by atoms with Gasteiger partial charge in [-0.1, -0.05) is 0 Å². The van der Waals surface area contributed by atoms with Gasteiger partial charge in [0.05, 0.1) is 12.2 Å². The molecule has 1 N–H and O–H groups in total. The molecule has 2 rings (SSSR count). The van der Waals surface area contributed by atoms with Gasteiger partial charge in [-0.05, 0) is 26.7 Å². The van der Waals surface area contributed by atoms with E-state index >= 15 is 0 Å². The first-order valence-electron chi connectivity index (χ1n) is 4.64. The van der Waals surface area contributed by atoms with E-state index in [-0.39, 0.29) is 12.2 Å². The Bertz CT molecular complexity index is 181. The van der Waals surface area contributed by atoms with E-state index in [1.807, 2.05) is 6.92 Å². The van der Waals surface area contributed by atoms with Crippen molar-refractivity contribution in [1.29, 1.82) is 0 Å². The molecule has 0 spiro atoms. The Kier molecular flexibility index (Phi) is 1.90. The molecular weight excluding hydrogens is 156 g/mol. The van der Waals surface area contributed by atoms with Gasteiger partial charge in [-0.15, -0.1) is 0 Å². The predicted octanol–water partition coefficient (Wildman–Crippen LogP) is 1.05. The third kappa shape index (κ3) is 1.26. The summed E-state index contributed by atoms with van der Waals surface area (Å²) in [6.07, 6.45) is 2.69. The quantitative estimate of drug-likeness (QED) is 0.642. The summed E-state index contributed by atoms with van der Waals surface area (Å²) in [6.45, 7) is 3.72. The van der Waals surface area contributed by atoms with Crippen LogP contribution in [0.15, 0.2) is 0 Å². The van der Waals surface area contributed by atoms with Gasteiger partial charge in [-0.3, -0.25) is 0 Å². The lowest BCUT2D eigenvalue weighted by Crippen LogP contribution is -2.32. The van der Waals surface area contributed by atoms with E-state index < -0.39 is 11.9 Å². The zero-order valence-electron chi connectivity index (χ0n) is 7.62. The third-order valence-electron chi connectivity index (χ3n) is 2.75. The van der Waals surface area contributed by atoms with E-state index in [4.69, 9.17) is 9.47 Å². The number of aliphatic hydroxyl groups is 1. The zero-order valence-corrected chi connectivity index (χ0v) is 7.62. The minimum atomic E-state index is -0.421. The Morgan fingerprint density at radius 1 is 1.50 bits per heavy atom. The monoisotopic (exact) mass is 172 g/mol. The maximum absolute atomic E-state index is 9.41. The van der Waals surface area contributed by atoms with Crippen LogP contribution in [0.4, 0.5) is 0 Å². The van der Waals surface area contributed by atoms with Crippen LogP contribution in [-0.4, -0.2) is 29.2 Å². The van der Waals surface area contributed by atoms with Crippen LogP contribution in [0, 0.1) is 0 Å². The smallest absolute Gasteiger partial charge is 0.166 e. The molecule has 2 fully saturated rings. The van der Waals surface area contributed by atoms with E-state index in [1.165, 1.54) is 0 Å². The van der Waals surface area contributed by atoms with Crippen LogP contribution in [-0.2, 0) is 9.47 Å².